The highest BCUT2D eigenvalue weighted by molar-refractivity contribution is 8.14. The summed E-state index contributed by atoms with van der Waals surface area (Å²) in [5, 5.41) is 14.3. The average Bonchev–Trinajstić information content (AvgIpc) is 2.83. The number of non-ortho nitro benzene ring substituents is 1. The van der Waals surface area contributed by atoms with Crippen molar-refractivity contribution in [1.29, 1.82) is 0 Å². The fourth-order valence-electron chi connectivity index (χ4n) is 2.59. The second kappa shape index (κ2) is 5.69. The maximum Gasteiger partial charge on any atom is 0.271 e. The predicted octanol–water partition coefficient (Wildman–Crippen LogP) is 3.55. The summed E-state index contributed by atoms with van der Waals surface area (Å²) in [6, 6.07) is 6.41. The van der Waals surface area contributed by atoms with Crippen molar-refractivity contribution in [3.63, 3.8) is 0 Å². The van der Waals surface area contributed by atoms with Crippen LogP contribution in [0.25, 0.3) is 0 Å². The van der Waals surface area contributed by atoms with Crippen LogP contribution >= 0.6 is 11.8 Å². The molecule has 23 heavy (non-hydrogen) atoms. The molecule has 0 aliphatic carbocycles. The average molecular weight is 332 g/mol. The summed E-state index contributed by atoms with van der Waals surface area (Å²) >= 11 is 1.48. The molecule has 1 N–H and O–H groups in total. The zero-order valence-electron chi connectivity index (χ0n) is 12.9. The van der Waals surface area contributed by atoms with Gasteiger partial charge in [0.15, 0.2) is 5.82 Å². The summed E-state index contributed by atoms with van der Waals surface area (Å²) in [4.78, 5) is 27.3. The van der Waals surface area contributed by atoms with Gasteiger partial charge in [0, 0.05) is 18.2 Å². The van der Waals surface area contributed by atoms with Gasteiger partial charge >= 0.3 is 0 Å². The van der Waals surface area contributed by atoms with Gasteiger partial charge in [-0.2, -0.15) is 0 Å². The third-order valence-electron chi connectivity index (χ3n) is 3.67. The Bertz CT molecular complexity index is 849. The van der Waals surface area contributed by atoms with Gasteiger partial charge in [0.05, 0.1) is 20.8 Å². The second-order valence-electron chi connectivity index (χ2n) is 5.62. The highest BCUT2D eigenvalue weighted by atomic mass is 32.2. The molecule has 0 fully saturated rings. The number of nitro benzene ring substituents is 1. The minimum absolute atomic E-state index is 0.0360. The normalized spacial score (nSPS) is 17.0. The van der Waals surface area contributed by atoms with Crippen LogP contribution in [0.4, 0.5) is 11.5 Å². The van der Waals surface area contributed by atoms with Crippen LogP contribution in [0.5, 0.6) is 0 Å². The minimum atomic E-state index is -0.433. The van der Waals surface area contributed by atoms with E-state index in [9.17, 15) is 14.9 Å². The Kier molecular flexibility index (Phi) is 3.85. The number of nitrogens with zero attached hydrogens (tertiary/aromatic N) is 3. The number of aliphatic imine (C=N–C) groups is 1. The number of hydrogen-bond donors (Lipinski definition) is 1. The van der Waals surface area contributed by atoms with E-state index in [4.69, 9.17) is 0 Å². The van der Waals surface area contributed by atoms with E-state index in [1.54, 1.807) is 16.8 Å². The highest BCUT2D eigenvalue weighted by Gasteiger charge is 2.30. The molecule has 1 unspecified atom stereocenters. The number of nitro groups is 1. The number of H-pyrrole nitrogens is 1. The molecule has 2 heterocycles. The van der Waals surface area contributed by atoms with Crippen LogP contribution in [-0.2, 0) is 0 Å². The van der Waals surface area contributed by atoms with Crippen LogP contribution in [0.1, 0.15) is 43.2 Å². The highest BCUT2D eigenvalue weighted by Crippen LogP contribution is 2.44. The maximum absolute atomic E-state index is 12.4. The van der Waals surface area contributed by atoms with Gasteiger partial charge in [0.1, 0.15) is 0 Å². The molecule has 0 spiro atoms. The van der Waals surface area contributed by atoms with Crippen molar-refractivity contribution >= 4 is 28.3 Å². The Labute approximate surface area is 136 Å². The Balaban J connectivity index is 2.11. The van der Waals surface area contributed by atoms with E-state index in [0.717, 1.165) is 10.6 Å². The van der Waals surface area contributed by atoms with Gasteiger partial charge in [-0.3, -0.25) is 24.7 Å². The van der Waals surface area contributed by atoms with Crippen molar-refractivity contribution in [3.8, 4) is 0 Å². The molecule has 0 radical (unpaired) electrons. The standard InChI is InChI=1S/C15H16N4O3S/c1-8(2)18-14-12(15(20)17-18)13(23-9(3)16-14)10-4-6-11(7-5-10)19(21)22/h4-8,13H,1-3H3,(H,17,20). The molecule has 1 atom stereocenters. The third-order valence-corrected chi connectivity index (χ3v) is 4.85. The van der Waals surface area contributed by atoms with Crippen LogP contribution in [0.15, 0.2) is 34.1 Å². The zero-order chi connectivity index (χ0) is 16.7. The number of aromatic amines is 1. The Morgan fingerprint density at radius 1 is 1.35 bits per heavy atom. The molecule has 7 nitrogen and oxygen atoms in total. The van der Waals surface area contributed by atoms with Crippen molar-refractivity contribution in [3.05, 3.63) is 55.9 Å². The molecular weight excluding hydrogens is 316 g/mol. The van der Waals surface area contributed by atoms with Gasteiger partial charge in [-0.25, -0.2) is 4.99 Å². The number of thioether (sulfide) groups is 1. The summed E-state index contributed by atoms with van der Waals surface area (Å²) in [6.45, 7) is 5.85. The van der Waals surface area contributed by atoms with Gasteiger partial charge in [-0.05, 0) is 26.3 Å². The molecule has 8 heteroatoms. The van der Waals surface area contributed by atoms with Crippen molar-refractivity contribution in [1.82, 2.24) is 9.78 Å². The topological polar surface area (TPSA) is 93.3 Å². The molecule has 120 valence electrons. The minimum Gasteiger partial charge on any atom is -0.268 e. The summed E-state index contributed by atoms with van der Waals surface area (Å²) in [6.07, 6.45) is 0. The molecule has 2 aromatic rings. The number of fused-ring (bicyclic) bond motifs is 1. The van der Waals surface area contributed by atoms with Crippen LogP contribution in [0, 0.1) is 10.1 Å². The van der Waals surface area contributed by atoms with E-state index in [1.807, 2.05) is 20.8 Å². The lowest BCUT2D eigenvalue weighted by Crippen LogP contribution is -2.13. The zero-order valence-corrected chi connectivity index (χ0v) is 13.8. The third kappa shape index (κ3) is 2.70. The van der Waals surface area contributed by atoms with E-state index < -0.39 is 4.92 Å². The first-order valence-corrected chi connectivity index (χ1v) is 8.07. The molecular formula is C15H16N4O3S. The van der Waals surface area contributed by atoms with Crippen molar-refractivity contribution < 1.29 is 4.92 Å². The van der Waals surface area contributed by atoms with Crippen LogP contribution < -0.4 is 5.56 Å². The molecule has 0 saturated heterocycles. The molecule has 1 aliphatic heterocycles. The van der Waals surface area contributed by atoms with Crippen molar-refractivity contribution in [2.24, 2.45) is 4.99 Å². The Hall–Kier alpha value is -2.35. The van der Waals surface area contributed by atoms with Gasteiger partial charge < -0.3 is 0 Å². The predicted molar refractivity (Wildman–Crippen MR) is 90.7 cm³/mol. The maximum atomic E-state index is 12.4. The van der Waals surface area contributed by atoms with E-state index in [1.165, 1.54) is 23.9 Å². The largest absolute Gasteiger partial charge is 0.271 e. The smallest absolute Gasteiger partial charge is 0.268 e. The Morgan fingerprint density at radius 3 is 2.57 bits per heavy atom. The Morgan fingerprint density at radius 2 is 2.00 bits per heavy atom. The quantitative estimate of drug-likeness (QED) is 0.687. The van der Waals surface area contributed by atoms with Gasteiger partial charge in [0.2, 0.25) is 0 Å². The van der Waals surface area contributed by atoms with E-state index >= 15 is 0 Å². The van der Waals surface area contributed by atoms with Crippen LogP contribution in [0.2, 0.25) is 0 Å². The number of benzene rings is 1. The van der Waals surface area contributed by atoms with Crippen molar-refractivity contribution in [2.45, 2.75) is 32.1 Å². The molecule has 3 rings (SSSR count). The van der Waals surface area contributed by atoms with Crippen LogP contribution in [-0.4, -0.2) is 19.7 Å². The van der Waals surface area contributed by atoms with E-state index in [0.29, 0.717) is 11.4 Å². The van der Waals surface area contributed by atoms with Gasteiger partial charge in [-0.15, -0.1) is 0 Å². The monoisotopic (exact) mass is 332 g/mol. The first-order valence-electron chi connectivity index (χ1n) is 7.19. The molecule has 1 aliphatic rings. The van der Waals surface area contributed by atoms with E-state index in [2.05, 4.69) is 10.1 Å². The molecule has 0 saturated carbocycles. The van der Waals surface area contributed by atoms with Crippen LogP contribution in [0.3, 0.4) is 0 Å². The summed E-state index contributed by atoms with van der Waals surface area (Å²) in [5.74, 6) is 0.643. The number of nitrogens with one attached hydrogen (secondary N) is 1. The number of hydrogen-bond acceptors (Lipinski definition) is 5. The van der Waals surface area contributed by atoms with Gasteiger partial charge in [-0.1, -0.05) is 23.9 Å². The summed E-state index contributed by atoms with van der Waals surface area (Å²) < 4.78 is 1.76. The molecule has 0 amide bonds. The molecule has 0 bridgehead atoms. The number of aromatic nitrogens is 2. The first kappa shape index (κ1) is 15.5. The first-order chi connectivity index (χ1) is 10.9. The summed E-state index contributed by atoms with van der Waals surface area (Å²) in [5.41, 5.74) is 1.32. The lowest BCUT2D eigenvalue weighted by molar-refractivity contribution is -0.384. The fourth-order valence-corrected chi connectivity index (χ4v) is 3.69. The fraction of sp³-hybridized carbons (Fsp3) is 0.333. The van der Waals surface area contributed by atoms with Gasteiger partial charge in [0.25, 0.3) is 11.2 Å². The van der Waals surface area contributed by atoms with E-state index in [-0.39, 0.29) is 22.5 Å². The SMILES string of the molecule is CC1=Nc2c(c(=O)[nH]n2C(C)C)C(c2ccc([N+](=O)[O-])cc2)S1. The number of rotatable bonds is 3. The molecule has 1 aromatic heterocycles. The summed E-state index contributed by atoms with van der Waals surface area (Å²) in [7, 11) is 0. The lowest BCUT2D eigenvalue weighted by Gasteiger charge is -2.21. The second-order valence-corrected chi connectivity index (χ2v) is 6.92. The molecule has 1 aromatic carbocycles. The lowest BCUT2D eigenvalue weighted by atomic mass is 10.1. The van der Waals surface area contributed by atoms with Crippen molar-refractivity contribution in [2.75, 3.05) is 0 Å².